The van der Waals surface area contributed by atoms with Crippen molar-refractivity contribution in [3.63, 3.8) is 0 Å². The molecular weight excluding hydrogens is 286 g/mol. The van der Waals surface area contributed by atoms with E-state index in [4.69, 9.17) is 16.3 Å². The van der Waals surface area contributed by atoms with E-state index in [2.05, 4.69) is 19.2 Å². The Bertz CT molecular complexity index is 505. The third kappa shape index (κ3) is 3.34. The van der Waals surface area contributed by atoms with Crippen LogP contribution in [0, 0.1) is 11.8 Å². The molecule has 4 heteroatoms. The molecule has 0 radical (unpaired) electrons. The van der Waals surface area contributed by atoms with Gasteiger partial charge in [-0.05, 0) is 43.7 Å². The third-order valence-electron chi connectivity index (χ3n) is 4.48. The summed E-state index contributed by atoms with van der Waals surface area (Å²) in [7, 11) is 0. The van der Waals surface area contributed by atoms with E-state index in [-0.39, 0.29) is 11.9 Å². The molecule has 1 N–H and O–H groups in total. The lowest BCUT2D eigenvalue weighted by Crippen LogP contribution is -2.55. The number of hydrogen-bond acceptors (Lipinski definition) is 3. The van der Waals surface area contributed by atoms with Crippen LogP contribution in [0.3, 0.4) is 0 Å². The molecule has 2 rings (SSSR count). The number of para-hydroxylation sites is 1. The summed E-state index contributed by atoms with van der Waals surface area (Å²) in [4.78, 5) is 12.7. The Morgan fingerprint density at radius 2 is 2.10 bits per heavy atom. The van der Waals surface area contributed by atoms with E-state index < -0.39 is 5.54 Å². The van der Waals surface area contributed by atoms with Gasteiger partial charge in [0.15, 0.2) is 0 Å². The molecule has 1 aliphatic carbocycles. The number of hydrogen-bond donors (Lipinski definition) is 1. The highest BCUT2D eigenvalue weighted by molar-refractivity contribution is 6.33. The van der Waals surface area contributed by atoms with Gasteiger partial charge in [-0.15, -0.1) is 0 Å². The van der Waals surface area contributed by atoms with E-state index >= 15 is 0 Å². The fourth-order valence-corrected chi connectivity index (χ4v) is 3.39. The Kier molecular flexibility index (Phi) is 5.15. The standard InChI is InChI=1S/C17H24ClNO2/c1-4-21-16(20)17(11-12(2)9-10-13(17)3)19-15-8-6-5-7-14(15)18/h5-8,12-13,19H,4,9-11H2,1-3H3. The molecule has 0 spiro atoms. The second-order valence-electron chi connectivity index (χ2n) is 6.08. The monoisotopic (exact) mass is 309 g/mol. The zero-order chi connectivity index (χ0) is 15.5. The Morgan fingerprint density at radius 1 is 1.38 bits per heavy atom. The van der Waals surface area contributed by atoms with Gasteiger partial charge in [-0.3, -0.25) is 0 Å². The molecule has 21 heavy (non-hydrogen) atoms. The second kappa shape index (κ2) is 6.69. The first-order chi connectivity index (χ1) is 9.99. The highest BCUT2D eigenvalue weighted by Crippen LogP contribution is 2.41. The molecule has 0 heterocycles. The molecule has 116 valence electrons. The molecule has 3 nitrogen and oxygen atoms in total. The van der Waals surface area contributed by atoms with E-state index in [1.807, 2.05) is 31.2 Å². The maximum atomic E-state index is 12.7. The molecule has 3 atom stereocenters. The van der Waals surface area contributed by atoms with Gasteiger partial charge in [0.1, 0.15) is 5.54 Å². The molecule has 1 saturated carbocycles. The topological polar surface area (TPSA) is 38.3 Å². The molecule has 1 aromatic carbocycles. The van der Waals surface area contributed by atoms with E-state index in [1.54, 1.807) is 0 Å². The molecule has 1 aliphatic rings. The molecule has 0 amide bonds. The third-order valence-corrected chi connectivity index (χ3v) is 4.81. The Labute approximate surface area is 132 Å². The molecular formula is C17H24ClNO2. The summed E-state index contributed by atoms with van der Waals surface area (Å²) < 4.78 is 5.37. The van der Waals surface area contributed by atoms with Crippen LogP contribution in [0.2, 0.25) is 5.02 Å². The van der Waals surface area contributed by atoms with Crippen LogP contribution in [-0.2, 0) is 9.53 Å². The van der Waals surface area contributed by atoms with Crippen molar-refractivity contribution in [3.8, 4) is 0 Å². The summed E-state index contributed by atoms with van der Waals surface area (Å²) in [6, 6.07) is 7.55. The smallest absolute Gasteiger partial charge is 0.332 e. The van der Waals surface area contributed by atoms with Crippen molar-refractivity contribution in [2.75, 3.05) is 11.9 Å². The fourth-order valence-electron chi connectivity index (χ4n) is 3.21. The molecule has 0 aromatic heterocycles. The van der Waals surface area contributed by atoms with Gasteiger partial charge in [0.25, 0.3) is 0 Å². The number of anilines is 1. The van der Waals surface area contributed by atoms with Crippen molar-refractivity contribution in [1.29, 1.82) is 0 Å². The summed E-state index contributed by atoms with van der Waals surface area (Å²) in [6.45, 7) is 6.55. The van der Waals surface area contributed by atoms with Crippen molar-refractivity contribution >= 4 is 23.3 Å². The first-order valence-electron chi connectivity index (χ1n) is 7.69. The van der Waals surface area contributed by atoms with E-state index in [0.29, 0.717) is 17.5 Å². The van der Waals surface area contributed by atoms with Crippen LogP contribution in [0.25, 0.3) is 0 Å². The molecule has 1 fully saturated rings. The van der Waals surface area contributed by atoms with Crippen molar-refractivity contribution in [2.24, 2.45) is 11.8 Å². The van der Waals surface area contributed by atoms with Crippen LogP contribution in [0.1, 0.15) is 40.0 Å². The first-order valence-corrected chi connectivity index (χ1v) is 8.07. The Balaban J connectivity index is 2.36. The average molecular weight is 310 g/mol. The predicted octanol–water partition coefficient (Wildman–Crippen LogP) is 4.51. The molecule has 1 aromatic rings. The minimum absolute atomic E-state index is 0.163. The van der Waals surface area contributed by atoms with Gasteiger partial charge in [0.2, 0.25) is 0 Å². The molecule has 3 unspecified atom stereocenters. The van der Waals surface area contributed by atoms with Crippen LogP contribution in [0.4, 0.5) is 5.69 Å². The molecule has 0 bridgehead atoms. The van der Waals surface area contributed by atoms with Crippen LogP contribution in [0.15, 0.2) is 24.3 Å². The first kappa shape index (κ1) is 16.2. The van der Waals surface area contributed by atoms with Crippen molar-refractivity contribution in [2.45, 2.75) is 45.6 Å². The Hall–Kier alpha value is -1.22. The summed E-state index contributed by atoms with van der Waals surface area (Å²) >= 11 is 6.26. The van der Waals surface area contributed by atoms with E-state index in [1.165, 1.54) is 0 Å². The highest BCUT2D eigenvalue weighted by Gasteiger charge is 2.48. The molecule has 0 saturated heterocycles. The van der Waals surface area contributed by atoms with Crippen molar-refractivity contribution in [1.82, 2.24) is 0 Å². The normalized spacial score (nSPS) is 29.0. The number of benzene rings is 1. The quantitative estimate of drug-likeness (QED) is 0.832. The van der Waals surface area contributed by atoms with Gasteiger partial charge < -0.3 is 10.1 Å². The van der Waals surface area contributed by atoms with Gasteiger partial charge in [-0.1, -0.05) is 44.0 Å². The Morgan fingerprint density at radius 3 is 2.76 bits per heavy atom. The van der Waals surface area contributed by atoms with Crippen LogP contribution in [-0.4, -0.2) is 18.1 Å². The van der Waals surface area contributed by atoms with Gasteiger partial charge in [0, 0.05) is 0 Å². The molecule has 0 aliphatic heterocycles. The largest absolute Gasteiger partial charge is 0.464 e. The SMILES string of the molecule is CCOC(=O)C1(Nc2ccccc2Cl)CC(C)CCC1C. The minimum Gasteiger partial charge on any atom is -0.464 e. The number of carbonyl (C=O) groups excluding carboxylic acids is 1. The van der Waals surface area contributed by atoms with E-state index in [0.717, 1.165) is 24.9 Å². The van der Waals surface area contributed by atoms with Crippen LogP contribution in [0.5, 0.6) is 0 Å². The fraction of sp³-hybridized carbons (Fsp3) is 0.588. The van der Waals surface area contributed by atoms with Crippen molar-refractivity contribution < 1.29 is 9.53 Å². The van der Waals surface area contributed by atoms with Gasteiger partial charge in [0.05, 0.1) is 17.3 Å². The number of halogens is 1. The van der Waals surface area contributed by atoms with Crippen molar-refractivity contribution in [3.05, 3.63) is 29.3 Å². The van der Waals surface area contributed by atoms with Crippen LogP contribution < -0.4 is 5.32 Å². The average Bonchev–Trinajstić information content (AvgIpc) is 2.45. The maximum Gasteiger partial charge on any atom is 0.332 e. The highest BCUT2D eigenvalue weighted by atomic mass is 35.5. The van der Waals surface area contributed by atoms with Gasteiger partial charge in [-0.25, -0.2) is 4.79 Å². The number of rotatable bonds is 4. The van der Waals surface area contributed by atoms with E-state index in [9.17, 15) is 4.79 Å². The summed E-state index contributed by atoms with van der Waals surface area (Å²) in [5.74, 6) is 0.536. The number of carbonyl (C=O) groups is 1. The number of esters is 1. The lowest BCUT2D eigenvalue weighted by Gasteiger charge is -2.44. The summed E-state index contributed by atoms with van der Waals surface area (Å²) in [5.41, 5.74) is 0.117. The number of ether oxygens (including phenoxy) is 1. The predicted molar refractivity (Wildman–Crippen MR) is 86.6 cm³/mol. The summed E-state index contributed by atoms with van der Waals surface area (Å²) in [5, 5.41) is 4.05. The minimum atomic E-state index is -0.682. The number of nitrogens with one attached hydrogen (secondary N) is 1. The van der Waals surface area contributed by atoms with Crippen LogP contribution >= 0.6 is 11.6 Å². The van der Waals surface area contributed by atoms with Gasteiger partial charge >= 0.3 is 5.97 Å². The lowest BCUT2D eigenvalue weighted by molar-refractivity contribution is -0.152. The summed E-state index contributed by atoms with van der Waals surface area (Å²) in [6.07, 6.45) is 2.93. The van der Waals surface area contributed by atoms with Gasteiger partial charge in [-0.2, -0.15) is 0 Å². The zero-order valence-electron chi connectivity index (χ0n) is 13.0. The second-order valence-corrected chi connectivity index (χ2v) is 6.49. The maximum absolute atomic E-state index is 12.7. The zero-order valence-corrected chi connectivity index (χ0v) is 13.7. The lowest BCUT2D eigenvalue weighted by atomic mass is 9.69.